The average Bonchev–Trinajstić information content (AvgIpc) is 2.98. The molecule has 0 aliphatic carbocycles. The number of aliphatic carboxylic acids is 1. The highest BCUT2D eigenvalue weighted by atomic mass is 19.4. The number of aromatic nitrogens is 1. The van der Waals surface area contributed by atoms with Gasteiger partial charge in [-0.2, -0.15) is 13.2 Å². The first-order valence-corrected chi connectivity index (χ1v) is 6.90. The molecule has 3 aromatic rings. The molecular weight excluding hydrogens is 339 g/mol. The maximum atomic E-state index is 10.9. The van der Waals surface area contributed by atoms with Crippen LogP contribution in [0.1, 0.15) is 10.4 Å². The summed E-state index contributed by atoms with van der Waals surface area (Å²) in [4.78, 5) is 23.0. The number of fused-ring (bicyclic) bond motifs is 1. The lowest BCUT2D eigenvalue weighted by Crippen LogP contribution is -2.21. The van der Waals surface area contributed by atoms with Crippen molar-refractivity contribution >= 4 is 22.8 Å². The molecule has 8 heteroatoms. The molecule has 3 N–H and O–H groups in total. The molecule has 0 unspecified atom stereocenters. The maximum absolute atomic E-state index is 10.9. The van der Waals surface area contributed by atoms with Gasteiger partial charge in [0.05, 0.1) is 5.56 Å². The molecule has 0 aliphatic rings. The van der Waals surface area contributed by atoms with Crippen LogP contribution in [-0.4, -0.2) is 33.3 Å². The van der Waals surface area contributed by atoms with Gasteiger partial charge in [-0.3, -0.25) is 0 Å². The summed E-state index contributed by atoms with van der Waals surface area (Å²) in [6.45, 7) is 0. The topological polar surface area (TPSA) is 90.4 Å². The minimum atomic E-state index is -5.08. The molecule has 130 valence electrons. The van der Waals surface area contributed by atoms with Gasteiger partial charge in [-0.15, -0.1) is 0 Å². The molecule has 0 amide bonds. The van der Waals surface area contributed by atoms with Gasteiger partial charge in [0.25, 0.3) is 0 Å². The van der Waals surface area contributed by atoms with Crippen molar-refractivity contribution in [3.05, 3.63) is 60.2 Å². The van der Waals surface area contributed by atoms with E-state index in [0.717, 1.165) is 22.2 Å². The van der Waals surface area contributed by atoms with Crippen LogP contribution in [0, 0.1) is 0 Å². The first kappa shape index (κ1) is 18.1. The molecular formula is C17H12F3NO4. The zero-order chi connectivity index (χ0) is 18.6. The minimum Gasteiger partial charge on any atom is -0.478 e. The van der Waals surface area contributed by atoms with Crippen LogP contribution in [0.25, 0.3) is 22.2 Å². The van der Waals surface area contributed by atoms with Gasteiger partial charge in [-0.05, 0) is 23.8 Å². The predicted octanol–water partition coefficient (Wildman–Crippen LogP) is 4.17. The maximum Gasteiger partial charge on any atom is 0.490 e. The van der Waals surface area contributed by atoms with Crippen molar-refractivity contribution in [3.8, 4) is 11.3 Å². The first-order valence-electron chi connectivity index (χ1n) is 6.90. The van der Waals surface area contributed by atoms with Crippen molar-refractivity contribution in [3.63, 3.8) is 0 Å². The van der Waals surface area contributed by atoms with Crippen LogP contribution < -0.4 is 0 Å². The van der Waals surface area contributed by atoms with Gasteiger partial charge in [0, 0.05) is 16.6 Å². The molecule has 0 saturated carbocycles. The van der Waals surface area contributed by atoms with Crippen molar-refractivity contribution in [1.29, 1.82) is 0 Å². The first-order chi connectivity index (χ1) is 11.7. The second-order valence-corrected chi connectivity index (χ2v) is 4.96. The Hall–Kier alpha value is -3.29. The predicted molar refractivity (Wildman–Crippen MR) is 84.4 cm³/mol. The number of nitrogens with one attached hydrogen (secondary N) is 1. The summed E-state index contributed by atoms with van der Waals surface area (Å²) in [5, 5.41) is 17.1. The second-order valence-electron chi connectivity index (χ2n) is 4.96. The summed E-state index contributed by atoms with van der Waals surface area (Å²) in [5.74, 6) is -3.67. The van der Waals surface area contributed by atoms with E-state index in [9.17, 15) is 18.0 Å². The van der Waals surface area contributed by atoms with E-state index in [-0.39, 0.29) is 0 Å². The van der Waals surface area contributed by atoms with Crippen molar-refractivity contribution < 1.29 is 33.0 Å². The van der Waals surface area contributed by atoms with Crippen LogP contribution in [0.15, 0.2) is 54.6 Å². The van der Waals surface area contributed by atoms with Crippen LogP contribution in [-0.2, 0) is 4.79 Å². The van der Waals surface area contributed by atoms with Gasteiger partial charge in [-0.1, -0.05) is 36.4 Å². The van der Waals surface area contributed by atoms with E-state index < -0.39 is 18.1 Å². The van der Waals surface area contributed by atoms with Crippen LogP contribution >= 0.6 is 0 Å². The largest absolute Gasteiger partial charge is 0.490 e. The lowest BCUT2D eigenvalue weighted by Gasteiger charge is -1.95. The SMILES string of the molecule is O=C(O)C(F)(F)F.O=C(O)c1ccc2cc(-c3ccccc3)[nH]c2c1. The number of aromatic carboxylic acids is 1. The Morgan fingerprint density at radius 2 is 1.52 bits per heavy atom. The van der Waals surface area contributed by atoms with Crippen LogP contribution in [0.4, 0.5) is 13.2 Å². The number of benzene rings is 2. The number of halogens is 3. The molecule has 25 heavy (non-hydrogen) atoms. The molecule has 0 fully saturated rings. The Balaban J connectivity index is 0.000000277. The van der Waals surface area contributed by atoms with Gasteiger partial charge in [0.15, 0.2) is 0 Å². The third-order valence-electron chi connectivity index (χ3n) is 3.20. The Labute approximate surface area is 139 Å². The smallest absolute Gasteiger partial charge is 0.478 e. The molecule has 3 rings (SSSR count). The highest BCUT2D eigenvalue weighted by Crippen LogP contribution is 2.24. The number of carbonyl (C=O) groups is 2. The lowest BCUT2D eigenvalue weighted by molar-refractivity contribution is -0.192. The summed E-state index contributed by atoms with van der Waals surface area (Å²) in [5.41, 5.74) is 3.22. The minimum absolute atomic E-state index is 0.295. The number of aromatic amines is 1. The average molecular weight is 351 g/mol. The molecule has 1 aromatic heterocycles. The second kappa shape index (κ2) is 7.08. The molecule has 0 spiro atoms. The summed E-state index contributed by atoms with van der Waals surface area (Å²) in [6.07, 6.45) is -5.08. The van der Waals surface area contributed by atoms with E-state index in [1.807, 2.05) is 42.5 Å². The van der Waals surface area contributed by atoms with Crippen LogP contribution in [0.5, 0.6) is 0 Å². The summed E-state index contributed by atoms with van der Waals surface area (Å²) in [7, 11) is 0. The van der Waals surface area contributed by atoms with E-state index >= 15 is 0 Å². The number of hydrogen-bond acceptors (Lipinski definition) is 2. The van der Waals surface area contributed by atoms with Crippen molar-refractivity contribution in [2.24, 2.45) is 0 Å². The quantitative estimate of drug-likeness (QED) is 0.646. The fraction of sp³-hybridized carbons (Fsp3) is 0.0588. The molecule has 0 aliphatic heterocycles. The fourth-order valence-corrected chi connectivity index (χ4v) is 2.03. The van der Waals surface area contributed by atoms with Gasteiger partial charge >= 0.3 is 18.1 Å². The van der Waals surface area contributed by atoms with E-state index in [1.54, 1.807) is 12.1 Å². The summed E-state index contributed by atoms with van der Waals surface area (Å²) < 4.78 is 31.7. The summed E-state index contributed by atoms with van der Waals surface area (Å²) in [6, 6.07) is 17.1. The molecule has 0 bridgehead atoms. The third-order valence-corrected chi connectivity index (χ3v) is 3.20. The molecule has 0 atom stereocenters. The van der Waals surface area contributed by atoms with Gasteiger partial charge in [-0.25, -0.2) is 9.59 Å². The van der Waals surface area contributed by atoms with Gasteiger partial charge < -0.3 is 15.2 Å². The molecule has 0 saturated heterocycles. The zero-order valence-corrected chi connectivity index (χ0v) is 12.5. The van der Waals surface area contributed by atoms with Gasteiger partial charge in [0.2, 0.25) is 0 Å². The van der Waals surface area contributed by atoms with Crippen LogP contribution in [0.3, 0.4) is 0 Å². The molecule has 0 radical (unpaired) electrons. The number of carboxylic acid groups (broad SMARTS) is 2. The Morgan fingerprint density at radius 1 is 0.920 bits per heavy atom. The van der Waals surface area contributed by atoms with Crippen LogP contribution in [0.2, 0.25) is 0 Å². The highest BCUT2D eigenvalue weighted by molar-refractivity contribution is 5.94. The monoisotopic (exact) mass is 351 g/mol. The molecule has 2 aromatic carbocycles. The number of hydrogen-bond donors (Lipinski definition) is 3. The van der Waals surface area contributed by atoms with Crippen molar-refractivity contribution in [1.82, 2.24) is 4.98 Å². The standard InChI is InChI=1S/C15H11NO2.C2HF3O2/c17-15(18)12-7-6-11-8-13(16-14(11)9-12)10-4-2-1-3-5-10;3-2(4,5)1(6)7/h1-9,16H,(H,17,18);(H,6,7). The third kappa shape index (κ3) is 4.60. The van der Waals surface area contributed by atoms with Crippen molar-refractivity contribution in [2.75, 3.05) is 0 Å². The normalized spacial score (nSPS) is 10.8. The molecule has 1 heterocycles. The number of alkyl halides is 3. The fourth-order valence-electron chi connectivity index (χ4n) is 2.03. The Morgan fingerprint density at radius 3 is 2.04 bits per heavy atom. The van der Waals surface area contributed by atoms with E-state index in [2.05, 4.69) is 4.98 Å². The number of H-pyrrole nitrogens is 1. The Kier molecular flexibility index (Phi) is 5.11. The Bertz CT molecular complexity index is 901. The lowest BCUT2D eigenvalue weighted by atomic mass is 10.1. The summed E-state index contributed by atoms with van der Waals surface area (Å²) >= 11 is 0. The number of rotatable bonds is 2. The van der Waals surface area contributed by atoms with Crippen molar-refractivity contribution in [2.45, 2.75) is 6.18 Å². The van der Waals surface area contributed by atoms with Gasteiger partial charge in [0.1, 0.15) is 0 Å². The zero-order valence-electron chi connectivity index (χ0n) is 12.5. The van der Waals surface area contributed by atoms with E-state index in [4.69, 9.17) is 15.0 Å². The number of carboxylic acids is 2. The highest BCUT2D eigenvalue weighted by Gasteiger charge is 2.38. The molecule has 5 nitrogen and oxygen atoms in total. The van der Waals surface area contributed by atoms with E-state index in [0.29, 0.717) is 5.56 Å². The van der Waals surface area contributed by atoms with E-state index in [1.165, 1.54) is 0 Å².